The van der Waals surface area contributed by atoms with Crippen molar-refractivity contribution >= 4 is 11.9 Å². The zero-order valence-corrected chi connectivity index (χ0v) is 16.9. The van der Waals surface area contributed by atoms with Gasteiger partial charge in [-0.15, -0.1) is 0 Å². The van der Waals surface area contributed by atoms with Crippen molar-refractivity contribution in [3.8, 4) is 0 Å². The van der Waals surface area contributed by atoms with Gasteiger partial charge < -0.3 is 16.0 Å². The van der Waals surface area contributed by atoms with Crippen molar-refractivity contribution in [3.63, 3.8) is 0 Å². The fourth-order valence-electron chi connectivity index (χ4n) is 3.91. The summed E-state index contributed by atoms with van der Waals surface area (Å²) >= 11 is 0. The maximum atomic E-state index is 11.5. The van der Waals surface area contributed by atoms with Gasteiger partial charge in [0, 0.05) is 38.8 Å². The minimum atomic E-state index is 0.0965. The molecular weight excluding hydrogens is 328 g/mol. The lowest BCUT2D eigenvalue weighted by Crippen LogP contribution is -2.50. The van der Waals surface area contributed by atoms with E-state index < -0.39 is 0 Å². The van der Waals surface area contributed by atoms with Crippen LogP contribution in [0.5, 0.6) is 0 Å². The second-order valence-electron chi connectivity index (χ2n) is 7.37. The highest BCUT2D eigenvalue weighted by atomic mass is 16.1. The molecule has 0 radical (unpaired) electrons. The number of nitrogens with one attached hydrogen (secondary N) is 3. The molecule has 0 saturated carbocycles. The minimum absolute atomic E-state index is 0.0965. The zero-order chi connectivity index (χ0) is 18.8. The van der Waals surface area contributed by atoms with Gasteiger partial charge in [0.2, 0.25) is 5.91 Å². The van der Waals surface area contributed by atoms with Crippen LogP contribution in [0.25, 0.3) is 0 Å². The summed E-state index contributed by atoms with van der Waals surface area (Å²) in [6.07, 6.45) is 6.00. The van der Waals surface area contributed by atoms with Crippen LogP contribution >= 0.6 is 0 Å². The van der Waals surface area contributed by atoms with E-state index in [-0.39, 0.29) is 5.91 Å². The number of piperidine rings is 2. The predicted molar refractivity (Wildman–Crippen MR) is 108 cm³/mol. The van der Waals surface area contributed by atoms with E-state index in [2.05, 4.69) is 39.6 Å². The van der Waals surface area contributed by atoms with Crippen molar-refractivity contribution in [1.29, 1.82) is 0 Å². The Hall–Kier alpha value is -1.34. The fourth-order valence-corrected chi connectivity index (χ4v) is 3.91. The maximum Gasteiger partial charge on any atom is 0.233 e. The summed E-state index contributed by atoms with van der Waals surface area (Å²) in [5.41, 5.74) is 0. The molecule has 2 heterocycles. The largest absolute Gasteiger partial charge is 0.358 e. The van der Waals surface area contributed by atoms with Crippen LogP contribution in [0.4, 0.5) is 0 Å². The van der Waals surface area contributed by atoms with E-state index in [1.54, 1.807) is 7.05 Å². The minimum Gasteiger partial charge on any atom is -0.358 e. The van der Waals surface area contributed by atoms with Crippen LogP contribution in [0.15, 0.2) is 4.99 Å². The molecule has 150 valence electrons. The molecule has 0 spiro atoms. The van der Waals surface area contributed by atoms with Crippen LogP contribution in [0, 0.1) is 0 Å². The van der Waals surface area contributed by atoms with E-state index in [1.807, 2.05) is 0 Å². The Morgan fingerprint density at radius 2 is 1.88 bits per heavy atom. The first-order valence-electron chi connectivity index (χ1n) is 10.4. The second-order valence-corrected chi connectivity index (χ2v) is 7.37. The summed E-state index contributed by atoms with van der Waals surface area (Å²) in [6, 6.07) is 1.01. The Kier molecular flexibility index (Phi) is 9.18. The predicted octanol–water partition coefficient (Wildman–Crippen LogP) is 0.626. The lowest BCUT2D eigenvalue weighted by molar-refractivity contribution is -0.122. The molecule has 2 aliphatic heterocycles. The van der Waals surface area contributed by atoms with Crippen LogP contribution in [-0.4, -0.2) is 86.6 Å². The van der Waals surface area contributed by atoms with Gasteiger partial charge in [-0.2, -0.15) is 0 Å². The Morgan fingerprint density at radius 3 is 2.54 bits per heavy atom. The Morgan fingerprint density at radius 1 is 1.12 bits per heavy atom. The van der Waals surface area contributed by atoms with Gasteiger partial charge in [-0.25, -0.2) is 0 Å². The summed E-state index contributed by atoms with van der Waals surface area (Å²) in [4.78, 5) is 21.2. The average Bonchev–Trinajstić information content (AvgIpc) is 2.67. The number of rotatable bonds is 7. The van der Waals surface area contributed by atoms with Gasteiger partial charge in [0.1, 0.15) is 0 Å². The first kappa shape index (κ1) is 21.0. The summed E-state index contributed by atoms with van der Waals surface area (Å²) in [6.45, 7) is 10.9. The van der Waals surface area contributed by atoms with Gasteiger partial charge in [0.25, 0.3) is 0 Å². The van der Waals surface area contributed by atoms with Crippen LogP contribution in [0.2, 0.25) is 0 Å². The number of nitrogens with zero attached hydrogens (tertiary/aromatic N) is 3. The highest BCUT2D eigenvalue weighted by Crippen LogP contribution is 2.16. The molecule has 0 aromatic carbocycles. The van der Waals surface area contributed by atoms with E-state index in [0.29, 0.717) is 18.6 Å². The first-order chi connectivity index (χ1) is 12.7. The van der Waals surface area contributed by atoms with Gasteiger partial charge in [0.05, 0.1) is 13.1 Å². The molecular formula is C19H38N6O. The number of hydrogen-bond acceptors (Lipinski definition) is 4. The number of likely N-dealkylation sites (tertiary alicyclic amines) is 2. The molecule has 26 heavy (non-hydrogen) atoms. The van der Waals surface area contributed by atoms with Crippen molar-refractivity contribution in [1.82, 2.24) is 25.8 Å². The van der Waals surface area contributed by atoms with Crippen molar-refractivity contribution in [3.05, 3.63) is 0 Å². The van der Waals surface area contributed by atoms with E-state index in [0.717, 1.165) is 51.5 Å². The Balaban J connectivity index is 1.81. The van der Waals surface area contributed by atoms with E-state index >= 15 is 0 Å². The standard InChI is InChI=1S/C19H38N6O/c1-4-21-19(22-14-17-8-6-7-11-25(17)5-2)23-16-9-12-24(13-10-16)15-18(26)20-3/h16-17H,4-15H2,1-3H3,(H,20,26)(H2,21,22,23). The highest BCUT2D eigenvalue weighted by Gasteiger charge is 2.23. The van der Waals surface area contributed by atoms with E-state index in [9.17, 15) is 4.79 Å². The van der Waals surface area contributed by atoms with Gasteiger partial charge in [0.15, 0.2) is 5.96 Å². The SMILES string of the molecule is CCNC(=NCC1CCCCN1CC)NC1CCN(CC(=O)NC)CC1. The molecule has 0 bridgehead atoms. The summed E-state index contributed by atoms with van der Waals surface area (Å²) < 4.78 is 0. The molecule has 0 aromatic heterocycles. The fraction of sp³-hybridized carbons (Fsp3) is 0.895. The van der Waals surface area contributed by atoms with Gasteiger partial charge in [-0.05, 0) is 45.7 Å². The number of aliphatic imine (C=N–C) groups is 1. The molecule has 2 saturated heterocycles. The number of likely N-dealkylation sites (N-methyl/N-ethyl adjacent to an activating group) is 2. The quantitative estimate of drug-likeness (QED) is 0.455. The molecule has 0 aromatic rings. The number of hydrogen-bond donors (Lipinski definition) is 3. The molecule has 3 N–H and O–H groups in total. The molecule has 0 aliphatic carbocycles. The molecule has 2 rings (SSSR count). The van der Waals surface area contributed by atoms with Crippen LogP contribution < -0.4 is 16.0 Å². The molecule has 1 atom stereocenters. The van der Waals surface area contributed by atoms with Crippen LogP contribution in [0.3, 0.4) is 0 Å². The van der Waals surface area contributed by atoms with Gasteiger partial charge in [-0.3, -0.25) is 19.6 Å². The number of amides is 1. The van der Waals surface area contributed by atoms with Crippen molar-refractivity contribution < 1.29 is 4.79 Å². The molecule has 1 amide bonds. The molecule has 2 aliphatic rings. The lowest BCUT2D eigenvalue weighted by Gasteiger charge is -2.34. The second kappa shape index (κ2) is 11.4. The van der Waals surface area contributed by atoms with E-state index in [4.69, 9.17) is 4.99 Å². The molecule has 7 heteroatoms. The van der Waals surface area contributed by atoms with Crippen molar-refractivity contribution in [2.24, 2.45) is 4.99 Å². The monoisotopic (exact) mass is 366 g/mol. The third-order valence-electron chi connectivity index (χ3n) is 5.53. The average molecular weight is 367 g/mol. The van der Waals surface area contributed by atoms with Gasteiger partial charge >= 0.3 is 0 Å². The van der Waals surface area contributed by atoms with Crippen molar-refractivity contribution in [2.45, 2.75) is 58.0 Å². The van der Waals surface area contributed by atoms with E-state index in [1.165, 1.54) is 25.8 Å². The Bertz CT molecular complexity index is 447. The van der Waals surface area contributed by atoms with Crippen molar-refractivity contribution in [2.75, 3.05) is 52.9 Å². The summed E-state index contributed by atoms with van der Waals surface area (Å²) in [5, 5.41) is 9.71. The molecule has 2 fully saturated rings. The molecule has 1 unspecified atom stereocenters. The zero-order valence-electron chi connectivity index (χ0n) is 16.9. The summed E-state index contributed by atoms with van der Waals surface area (Å²) in [5.74, 6) is 1.04. The summed E-state index contributed by atoms with van der Waals surface area (Å²) in [7, 11) is 1.70. The van der Waals surface area contributed by atoms with Crippen LogP contribution in [-0.2, 0) is 4.79 Å². The number of carbonyl (C=O) groups is 1. The lowest BCUT2D eigenvalue weighted by atomic mass is 10.0. The Labute approximate surface area is 159 Å². The topological polar surface area (TPSA) is 72.0 Å². The molecule has 7 nitrogen and oxygen atoms in total. The third kappa shape index (κ3) is 6.76. The first-order valence-corrected chi connectivity index (χ1v) is 10.4. The highest BCUT2D eigenvalue weighted by molar-refractivity contribution is 5.80. The number of guanidine groups is 1. The van der Waals surface area contributed by atoms with Crippen LogP contribution in [0.1, 0.15) is 46.0 Å². The third-order valence-corrected chi connectivity index (χ3v) is 5.53. The maximum absolute atomic E-state index is 11.5. The normalized spacial score (nSPS) is 23.7. The smallest absolute Gasteiger partial charge is 0.233 e. The number of carbonyl (C=O) groups excluding carboxylic acids is 1. The van der Waals surface area contributed by atoms with Gasteiger partial charge in [-0.1, -0.05) is 13.3 Å².